The molecule has 21 heavy (non-hydrogen) atoms. The Morgan fingerprint density at radius 1 is 1.29 bits per heavy atom. The summed E-state index contributed by atoms with van der Waals surface area (Å²) in [4.78, 5) is 2.54. The van der Waals surface area contributed by atoms with E-state index < -0.39 is 0 Å². The van der Waals surface area contributed by atoms with Gasteiger partial charge in [0.2, 0.25) is 0 Å². The van der Waals surface area contributed by atoms with Gasteiger partial charge in [0.1, 0.15) is 5.75 Å². The number of hydrogen-bond donors (Lipinski definition) is 1. The van der Waals surface area contributed by atoms with Gasteiger partial charge in [-0.15, -0.1) is 0 Å². The van der Waals surface area contributed by atoms with Gasteiger partial charge in [0.15, 0.2) is 0 Å². The predicted molar refractivity (Wildman–Crippen MR) is 90.3 cm³/mol. The largest absolute Gasteiger partial charge is 0.492 e. The number of nitrogens with zero attached hydrogens (tertiary/aromatic N) is 1. The number of ether oxygens (including phenoxy) is 1. The van der Waals surface area contributed by atoms with E-state index in [9.17, 15) is 0 Å². The molecular weight excluding hydrogens is 260 g/mol. The molecule has 0 bridgehead atoms. The maximum atomic E-state index is 5.77. The van der Waals surface area contributed by atoms with E-state index >= 15 is 0 Å². The van der Waals surface area contributed by atoms with Gasteiger partial charge in [-0.25, -0.2) is 0 Å². The lowest BCUT2D eigenvalue weighted by atomic mass is 9.90. The van der Waals surface area contributed by atoms with Crippen LogP contribution in [0.4, 0.5) is 5.69 Å². The molecule has 1 unspecified atom stereocenters. The van der Waals surface area contributed by atoms with Gasteiger partial charge in [0.05, 0.1) is 12.3 Å². The Balaban J connectivity index is 1.97. The summed E-state index contributed by atoms with van der Waals surface area (Å²) in [6.45, 7) is 13.1. The van der Waals surface area contributed by atoms with Crippen LogP contribution in [0.1, 0.15) is 39.2 Å². The van der Waals surface area contributed by atoms with Crippen LogP contribution in [0.25, 0.3) is 0 Å². The first-order valence-corrected chi connectivity index (χ1v) is 8.36. The number of aryl methyl sites for hydroxylation is 1. The quantitative estimate of drug-likeness (QED) is 0.859. The lowest BCUT2D eigenvalue weighted by Gasteiger charge is -2.35. The monoisotopic (exact) mass is 290 g/mol. The Bertz CT molecular complexity index is 439. The fourth-order valence-electron chi connectivity index (χ4n) is 3.16. The molecule has 1 aromatic carbocycles. The second kappa shape index (κ2) is 7.69. The van der Waals surface area contributed by atoms with E-state index in [2.05, 4.69) is 49.2 Å². The molecule has 0 saturated carbocycles. The molecule has 1 N–H and O–H groups in total. The minimum atomic E-state index is 0.492. The van der Waals surface area contributed by atoms with Crippen LogP contribution < -0.4 is 10.1 Å². The van der Waals surface area contributed by atoms with Gasteiger partial charge >= 0.3 is 0 Å². The Morgan fingerprint density at radius 2 is 2.00 bits per heavy atom. The molecule has 3 heteroatoms. The van der Waals surface area contributed by atoms with Gasteiger partial charge in [0, 0.05) is 6.04 Å². The fourth-order valence-corrected chi connectivity index (χ4v) is 3.16. The van der Waals surface area contributed by atoms with Crippen LogP contribution in [0.3, 0.4) is 0 Å². The van der Waals surface area contributed by atoms with Crippen molar-refractivity contribution in [2.75, 3.05) is 31.6 Å². The van der Waals surface area contributed by atoms with Crippen molar-refractivity contribution in [3.63, 3.8) is 0 Å². The third-order valence-corrected chi connectivity index (χ3v) is 4.61. The second-order valence-electron chi connectivity index (χ2n) is 6.14. The van der Waals surface area contributed by atoms with E-state index in [1.165, 1.54) is 38.0 Å². The van der Waals surface area contributed by atoms with E-state index in [4.69, 9.17) is 4.74 Å². The third-order valence-electron chi connectivity index (χ3n) is 4.61. The van der Waals surface area contributed by atoms with Crippen LogP contribution >= 0.6 is 0 Å². The molecule has 0 radical (unpaired) electrons. The van der Waals surface area contributed by atoms with Crippen LogP contribution in [0.2, 0.25) is 0 Å². The molecule has 1 aromatic rings. The zero-order chi connectivity index (χ0) is 15.2. The first-order chi connectivity index (χ1) is 10.1. The van der Waals surface area contributed by atoms with Crippen LogP contribution in [0.15, 0.2) is 18.2 Å². The Labute approximate surface area is 129 Å². The predicted octanol–water partition coefficient (Wildman–Crippen LogP) is 3.93. The van der Waals surface area contributed by atoms with Crippen molar-refractivity contribution in [3.05, 3.63) is 23.8 Å². The van der Waals surface area contributed by atoms with Crippen molar-refractivity contribution < 1.29 is 4.74 Å². The summed E-state index contributed by atoms with van der Waals surface area (Å²) in [6, 6.07) is 6.92. The minimum absolute atomic E-state index is 0.492. The summed E-state index contributed by atoms with van der Waals surface area (Å²) < 4.78 is 5.77. The normalized spacial score (nSPS) is 18.5. The standard InChI is InChI=1S/C18H30N2O/c1-5-20-11-9-16(10-12-20)15(4)19-17-8-7-14(3)13-18(17)21-6-2/h7-8,13,15-16,19H,5-6,9-12H2,1-4H3. The molecule has 0 spiro atoms. The molecule has 1 heterocycles. The van der Waals surface area contributed by atoms with Crippen LogP contribution in [-0.4, -0.2) is 37.2 Å². The number of nitrogens with one attached hydrogen (secondary N) is 1. The zero-order valence-electron chi connectivity index (χ0n) is 14.0. The maximum absolute atomic E-state index is 5.77. The second-order valence-corrected chi connectivity index (χ2v) is 6.14. The average molecular weight is 290 g/mol. The van der Waals surface area contributed by atoms with E-state index in [1.54, 1.807) is 0 Å². The van der Waals surface area contributed by atoms with E-state index in [-0.39, 0.29) is 0 Å². The van der Waals surface area contributed by atoms with Gasteiger partial charge in [0.25, 0.3) is 0 Å². The number of anilines is 1. The zero-order valence-corrected chi connectivity index (χ0v) is 14.0. The van der Waals surface area contributed by atoms with Crippen LogP contribution in [0.5, 0.6) is 5.75 Å². The number of rotatable bonds is 6. The average Bonchev–Trinajstić information content (AvgIpc) is 2.50. The van der Waals surface area contributed by atoms with Gasteiger partial charge < -0.3 is 15.0 Å². The molecule has 2 rings (SSSR count). The Kier molecular flexibility index (Phi) is 5.92. The molecular formula is C18H30N2O. The topological polar surface area (TPSA) is 24.5 Å². The van der Waals surface area contributed by atoms with E-state index in [0.717, 1.165) is 17.4 Å². The number of hydrogen-bond acceptors (Lipinski definition) is 3. The van der Waals surface area contributed by atoms with Crippen molar-refractivity contribution in [2.24, 2.45) is 5.92 Å². The van der Waals surface area contributed by atoms with Gasteiger partial charge in [-0.3, -0.25) is 0 Å². The Hall–Kier alpha value is -1.22. The number of benzene rings is 1. The smallest absolute Gasteiger partial charge is 0.142 e. The molecule has 0 aromatic heterocycles. The third kappa shape index (κ3) is 4.37. The van der Waals surface area contributed by atoms with Crippen LogP contribution in [0, 0.1) is 12.8 Å². The first-order valence-electron chi connectivity index (χ1n) is 8.36. The molecule has 3 nitrogen and oxygen atoms in total. The highest BCUT2D eigenvalue weighted by atomic mass is 16.5. The number of likely N-dealkylation sites (tertiary alicyclic amines) is 1. The van der Waals surface area contributed by atoms with Gasteiger partial charge in [-0.2, -0.15) is 0 Å². The molecule has 0 aliphatic carbocycles. The van der Waals surface area contributed by atoms with E-state index in [1.807, 2.05) is 6.92 Å². The van der Waals surface area contributed by atoms with Gasteiger partial charge in [-0.1, -0.05) is 13.0 Å². The van der Waals surface area contributed by atoms with Gasteiger partial charge in [-0.05, 0) is 76.9 Å². The summed E-state index contributed by atoms with van der Waals surface area (Å²) in [5.41, 5.74) is 2.38. The molecule has 1 aliphatic rings. The summed E-state index contributed by atoms with van der Waals surface area (Å²) in [7, 11) is 0. The molecule has 1 aliphatic heterocycles. The lowest BCUT2D eigenvalue weighted by Crippen LogP contribution is -2.39. The van der Waals surface area contributed by atoms with Crippen molar-refractivity contribution in [2.45, 2.75) is 46.6 Å². The molecule has 1 atom stereocenters. The van der Waals surface area contributed by atoms with Crippen molar-refractivity contribution in [3.8, 4) is 5.75 Å². The molecule has 118 valence electrons. The highest BCUT2D eigenvalue weighted by Crippen LogP contribution is 2.29. The number of piperidine rings is 1. The molecule has 1 saturated heterocycles. The first kappa shape index (κ1) is 16.2. The van der Waals surface area contributed by atoms with E-state index in [0.29, 0.717) is 12.6 Å². The highest BCUT2D eigenvalue weighted by Gasteiger charge is 2.23. The lowest BCUT2D eigenvalue weighted by molar-refractivity contribution is 0.183. The summed E-state index contributed by atoms with van der Waals surface area (Å²) in [6.07, 6.45) is 2.58. The molecule has 1 fully saturated rings. The highest BCUT2D eigenvalue weighted by molar-refractivity contribution is 5.58. The molecule has 0 amide bonds. The summed E-state index contributed by atoms with van der Waals surface area (Å²) >= 11 is 0. The SMILES string of the molecule is CCOc1cc(C)ccc1NC(C)C1CCN(CC)CC1. The minimum Gasteiger partial charge on any atom is -0.492 e. The van der Waals surface area contributed by atoms with Crippen molar-refractivity contribution >= 4 is 5.69 Å². The Morgan fingerprint density at radius 3 is 2.62 bits per heavy atom. The van der Waals surface area contributed by atoms with Crippen LogP contribution in [-0.2, 0) is 0 Å². The fraction of sp³-hybridized carbons (Fsp3) is 0.667. The van der Waals surface area contributed by atoms with Crippen molar-refractivity contribution in [1.29, 1.82) is 0 Å². The summed E-state index contributed by atoms with van der Waals surface area (Å²) in [5, 5.41) is 3.68. The summed E-state index contributed by atoms with van der Waals surface area (Å²) in [5.74, 6) is 1.74. The maximum Gasteiger partial charge on any atom is 0.142 e. The van der Waals surface area contributed by atoms with Crippen molar-refractivity contribution in [1.82, 2.24) is 4.90 Å².